The van der Waals surface area contributed by atoms with E-state index in [1.54, 1.807) is 38.1 Å². The largest absolute Gasteiger partial charge is 0.349 e. The molecule has 8 nitrogen and oxygen atoms in total. The van der Waals surface area contributed by atoms with Gasteiger partial charge in [0.15, 0.2) is 19.7 Å². The van der Waals surface area contributed by atoms with Gasteiger partial charge in [0.2, 0.25) is 11.8 Å². The summed E-state index contributed by atoms with van der Waals surface area (Å²) in [6.45, 7) is 3.60. The number of carbonyl (C=O) groups is 2. The fourth-order valence-corrected chi connectivity index (χ4v) is 4.85. The number of sulfone groups is 2. The lowest BCUT2D eigenvalue weighted by atomic mass is 10.1. The topological polar surface area (TPSA) is 126 Å². The van der Waals surface area contributed by atoms with E-state index in [2.05, 4.69) is 10.6 Å². The molecule has 2 aromatic rings. The van der Waals surface area contributed by atoms with Gasteiger partial charge in [-0.05, 0) is 55.7 Å². The van der Waals surface area contributed by atoms with E-state index in [0.717, 1.165) is 23.6 Å². The third-order valence-electron chi connectivity index (χ3n) is 5.80. The molecule has 3 rings (SSSR count). The predicted molar refractivity (Wildman–Crippen MR) is 124 cm³/mol. The minimum absolute atomic E-state index is 0.212. The summed E-state index contributed by atoms with van der Waals surface area (Å²) in [7, 11) is -6.57. The molecular weight excluding hydrogens is 464 g/mol. The van der Waals surface area contributed by atoms with Gasteiger partial charge in [0.25, 0.3) is 0 Å². The van der Waals surface area contributed by atoms with Gasteiger partial charge in [0.05, 0.1) is 33.7 Å². The Bertz CT molecular complexity index is 1150. The molecule has 0 radical (unpaired) electrons. The summed E-state index contributed by atoms with van der Waals surface area (Å²) in [6.07, 6.45) is 2.73. The maximum Gasteiger partial charge on any atom is 0.224 e. The van der Waals surface area contributed by atoms with Crippen molar-refractivity contribution in [2.45, 2.75) is 42.1 Å². The molecule has 178 valence electrons. The highest BCUT2D eigenvalue weighted by Gasteiger charge is 2.48. The van der Waals surface area contributed by atoms with E-state index in [-0.39, 0.29) is 33.7 Å². The maximum atomic E-state index is 12.6. The van der Waals surface area contributed by atoms with Crippen molar-refractivity contribution in [3.8, 4) is 0 Å². The van der Waals surface area contributed by atoms with Crippen LogP contribution in [0.2, 0.25) is 0 Å². The van der Waals surface area contributed by atoms with Crippen molar-refractivity contribution in [1.29, 1.82) is 0 Å². The summed E-state index contributed by atoms with van der Waals surface area (Å²) in [4.78, 5) is 25.6. The summed E-state index contributed by atoms with van der Waals surface area (Å²) < 4.78 is 46.3. The van der Waals surface area contributed by atoms with Crippen LogP contribution in [0, 0.1) is 11.8 Å². The SMILES string of the molecule is C[C@H](NC(=O)[C@@H]1C[C@@H]1C(=O)N[C@H](C)c1ccc(S(C)(=O)=O)cc1)c1ccc(S(C)(=O)=O)cc1. The van der Waals surface area contributed by atoms with Crippen LogP contribution in [0.1, 0.15) is 43.5 Å². The Morgan fingerprint density at radius 2 is 1.00 bits per heavy atom. The molecule has 2 amide bonds. The second-order valence-electron chi connectivity index (χ2n) is 8.59. The van der Waals surface area contributed by atoms with Gasteiger partial charge >= 0.3 is 0 Å². The van der Waals surface area contributed by atoms with Crippen LogP contribution in [0.3, 0.4) is 0 Å². The first-order valence-electron chi connectivity index (χ1n) is 10.5. The molecule has 1 aliphatic rings. The van der Waals surface area contributed by atoms with Gasteiger partial charge in [-0.2, -0.15) is 0 Å². The van der Waals surface area contributed by atoms with Gasteiger partial charge in [0, 0.05) is 12.5 Å². The monoisotopic (exact) mass is 492 g/mol. The highest BCUT2D eigenvalue weighted by Crippen LogP contribution is 2.39. The van der Waals surface area contributed by atoms with Crippen molar-refractivity contribution in [3.63, 3.8) is 0 Å². The van der Waals surface area contributed by atoms with E-state index in [1.807, 2.05) is 0 Å². The Hall–Kier alpha value is -2.72. The maximum absolute atomic E-state index is 12.6. The van der Waals surface area contributed by atoms with Crippen LogP contribution in [0.4, 0.5) is 0 Å². The number of nitrogens with one attached hydrogen (secondary N) is 2. The van der Waals surface area contributed by atoms with Crippen LogP contribution < -0.4 is 10.6 Å². The van der Waals surface area contributed by atoms with Crippen LogP contribution in [0.15, 0.2) is 58.3 Å². The van der Waals surface area contributed by atoms with Gasteiger partial charge in [-0.3, -0.25) is 9.59 Å². The Morgan fingerprint density at radius 3 is 1.27 bits per heavy atom. The van der Waals surface area contributed by atoms with Crippen molar-refractivity contribution in [2.24, 2.45) is 11.8 Å². The molecule has 2 N–H and O–H groups in total. The summed E-state index contributed by atoms with van der Waals surface area (Å²) in [5, 5.41) is 5.76. The lowest BCUT2D eigenvalue weighted by Crippen LogP contribution is -2.32. The Morgan fingerprint density at radius 1 is 0.697 bits per heavy atom. The first-order chi connectivity index (χ1) is 15.3. The number of hydrogen-bond donors (Lipinski definition) is 2. The van der Waals surface area contributed by atoms with E-state index < -0.39 is 31.5 Å². The minimum atomic E-state index is -3.29. The summed E-state index contributed by atoms with van der Waals surface area (Å²) >= 11 is 0. The number of benzene rings is 2. The summed E-state index contributed by atoms with van der Waals surface area (Å²) in [5.74, 6) is -1.27. The molecule has 0 aliphatic heterocycles. The standard InChI is InChI=1S/C23H28N2O6S2/c1-14(16-5-9-18(10-6-16)32(3,28)29)24-22(26)20-13-21(20)23(27)25-15(2)17-7-11-19(12-8-17)33(4,30)31/h5-12,14-15,20-21H,13H2,1-4H3,(H,24,26)(H,25,27)/t14-,15+,20+,21-. The fourth-order valence-electron chi connectivity index (χ4n) is 3.59. The highest BCUT2D eigenvalue weighted by molar-refractivity contribution is 7.91. The summed E-state index contributed by atoms with van der Waals surface area (Å²) in [5.41, 5.74) is 1.53. The Balaban J connectivity index is 1.53. The second-order valence-corrected chi connectivity index (χ2v) is 12.6. The van der Waals surface area contributed by atoms with Crippen molar-refractivity contribution >= 4 is 31.5 Å². The molecular formula is C23H28N2O6S2. The van der Waals surface area contributed by atoms with Gasteiger partial charge in [-0.25, -0.2) is 16.8 Å². The first-order valence-corrected chi connectivity index (χ1v) is 14.3. The van der Waals surface area contributed by atoms with E-state index in [0.29, 0.717) is 6.42 Å². The predicted octanol–water partition coefficient (Wildman–Crippen LogP) is 2.18. The average molecular weight is 493 g/mol. The third kappa shape index (κ3) is 6.20. The molecule has 0 bridgehead atoms. The Labute approximate surface area is 194 Å². The molecule has 10 heteroatoms. The van der Waals surface area contributed by atoms with E-state index in [1.165, 1.54) is 24.3 Å². The van der Waals surface area contributed by atoms with Crippen molar-refractivity contribution in [3.05, 3.63) is 59.7 Å². The van der Waals surface area contributed by atoms with Crippen LogP contribution in [-0.4, -0.2) is 41.2 Å². The van der Waals surface area contributed by atoms with E-state index in [9.17, 15) is 26.4 Å². The molecule has 0 heterocycles. The van der Waals surface area contributed by atoms with Gasteiger partial charge < -0.3 is 10.6 Å². The number of hydrogen-bond acceptors (Lipinski definition) is 6. The lowest BCUT2D eigenvalue weighted by Gasteiger charge is -2.16. The normalized spacial score (nSPS) is 19.9. The molecule has 33 heavy (non-hydrogen) atoms. The fraction of sp³-hybridized carbons (Fsp3) is 0.391. The van der Waals surface area contributed by atoms with E-state index >= 15 is 0 Å². The molecule has 0 unspecified atom stereocenters. The van der Waals surface area contributed by atoms with E-state index in [4.69, 9.17) is 0 Å². The molecule has 0 aromatic heterocycles. The van der Waals surface area contributed by atoms with Gasteiger partial charge in [0.1, 0.15) is 0 Å². The number of rotatable bonds is 8. The molecule has 1 fully saturated rings. The zero-order chi connectivity index (χ0) is 24.6. The summed E-state index contributed by atoms with van der Waals surface area (Å²) in [6, 6.07) is 12.0. The molecule has 1 saturated carbocycles. The molecule has 1 aliphatic carbocycles. The van der Waals surface area contributed by atoms with Crippen LogP contribution in [0.25, 0.3) is 0 Å². The molecule has 0 saturated heterocycles. The average Bonchev–Trinajstić information content (AvgIpc) is 3.54. The quantitative estimate of drug-likeness (QED) is 0.582. The van der Waals surface area contributed by atoms with Crippen LogP contribution >= 0.6 is 0 Å². The zero-order valence-corrected chi connectivity index (χ0v) is 20.5. The Kier molecular flexibility index (Phi) is 6.99. The third-order valence-corrected chi connectivity index (χ3v) is 8.05. The van der Waals surface area contributed by atoms with Crippen LogP contribution in [-0.2, 0) is 29.3 Å². The van der Waals surface area contributed by atoms with Gasteiger partial charge in [-0.15, -0.1) is 0 Å². The number of carbonyl (C=O) groups excluding carboxylic acids is 2. The molecule has 2 aromatic carbocycles. The van der Waals surface area contributed by atoms with Crippen molar-refractivity contribution < 1.29 is 26.4 Å². The van der Waals surface area contributed by atoms with Crippen molar-refractivity contribution in [1.82, 2.24) is 10.6 Å². The molecule has 0 spiro atoms. The zero-order valence-electron chi connectivity index (χ0n) is 18.9. The van der Waals surface area contributed by atoms with Crippen molar-refractivity contribution in [2.75, 3.05) is 12.5 Å². The highest BCUT2D eigenvalue weighted by atomic mass is 32.2. The van der Waals surface area contributed by atoms with Crippen LogP contribution in [0.5, 0.6) is 0 Å². The second kappa shape index (κ2) is 9.26. The van der Waals surface area contributed by atoms with Gasteiger partial charge in [-0.1, -0.05) is 24.3 Å². The minimum Gasteiger partial charge on any atom is -0.349 e. The number of amides is 2. The smallest absolute Gasteiger partial charge is 0.224 e. The molecule has 4 atom stereocenters. The lowest BCUT2D eigenvalue weighted by molar-refractivity contribution is -0.128. The first kappa shape index (κ1) is 24.9.